The number of benzene rings is 1. The fourth-order valence-electron chi connectivity index (χ4n) is 3.93. The van der Waals surface area contributed by atoms with E-state index < -0.39 is 0 Å². The summed E-state index contributed by atoms with van der Waals surface area (Å²) in [6, 6.07) is 10.0. The Labute approximate surface area is 182 Å². The molecule has 1 aromatic carbocycles. The van der Waals surface area contributed by atoms with Crippen molar-refractivity contribution in [2.45, 2.75) is 25.7 Å². The zero-order chi connectivity index (χ0) is 20.8. The van der Waals surface area contributed by atoms with E-state index in [0.29, 0.717) is 30.0 Å². The van der Waals surface area contributed by atoms with Gasteiger partial charge in [0.1, 0.15) is 5.82 Å². The average Bonchev–Trinajstić information content (AvgIpc) is 2.80. The van der Waals surface area contributed by atoms with Crippen LogP contribution >= 0.6 is 11.6 Å². The van der Waals surface area contributed by atoms with Crippen molar-refractivity contribution in [3.8, 4) is 11.1 Å². The van der Waals surface area contributed by atoms with E-state index in [9.17, 15) is 4.79 Å². The molecule has 30 heavy (non-hydrogen) atoms. The summed E-state index contributed by atoms with van der Waals surface area (Å²) in [4.78, 5) is 16.8. The molecule has 2 saturated heterocycles. The summed E-state index contributed by atoms with van der Waals surface area (Å²) in [7, 11) is 0. The third-order valence-electron chi connectivity index (χ3n) is 5.81. The predicted octanol–water partition coefficient (Wildman–Crippen LogP) is 4.61. The lowest BCUT2D eigenvalue weighted by atomic mass is 9.99. The summed E-state index contributed by atoms with van der Waals surface area (Å²) >= 11 is 6.44. The van der Waals surface area contributed by atoms with Gasteiger partial charge in [0, 0.05) is 56.3 Å². The highest BCUT2D eigenvalue weighted by molar-refractivity contribution is 6.33. The molecule has 4 rings (SSSR count). The first-order valence-corrected chi connectivity index (χ1v) is 11.0. The molecule has 2 aromatic rings. The summed E-state index contributed by atoms with van der Waals surface area (Å²) < 4.78 is 10.8. The standard InChI is InChI=1S/C23H28ClN3O3/c24-21-15-26-22(27-23(28)17-6-10-30-11-7-17)13-20(21)18-2-1-3-19(12-18)25-14-16-4-8-29-9-5-16/h1-3,12-13,15-17,25H,4-11,14H2,(H,26,27,28). The molecule has 160 valence electrons. The van der Waals surface area contributed by atoms with Gasteiger partial charge >= 0.3 is 0 Å². The van der Waals surface area contributed by atoms with E-state index in [1.165, 1.54) is 0 Å². The molecule has 1 amide bonds. The summed E-state index contributed by atoms with van der Waals surface area (Å²) in [6.07, 6.45) is 5.27. The molecule has 3 heterocycles. The third kappa shape index (κ3) is 5.50. The normalized spacial score (nSPS) is 18.2. The van der Waals surface area contributed by atoms with Gasteiger partial charge in [-0.05, 0) is 55.4 Å². The lowest BCUT2D eigenvalue weighted by molar-refractivity contribution is -0.122. The van der Waals surface area contributed by atoms with Crippen LogP contribution in [0.2, 0.25) is 5.02 Å². The first kappa shape index (κ1) is 21.1. The number of nitrogens with one attached hydrogen (secondary N) is 2. The fourth-order valence-corrected chi connectivity index (χ4v) is 4.14. The number of hydrogen-bond acceptors (Lipinski definition) is 5. The number of carbonyl (C=O) groups is 1. The second kappa shape index (κ2) is 10.2. The summed E-state index contributed by atoms with van der Waals surface area (Å²) in [5.41, 5.74) is 2.89. The van der Waals surface area contributed by atoms with Gasteiger partial charge in [-0.3, -0.25) is 4.79 Å². The van der Waals surface area contributed by atoms with Gasteiger partial charge in [-0.1, -0.05) is 23.7 Å². The molecule has 0 unspecified atom stereocenters. The van der Waals surface area contributed by atoms with Gasteiger partial charge < -0.3 is 20.1 Å². The van der Waals surface area contributed by atoms with E-state index in [1.54, 1.807) is 6.20 Å². The molecule has 0 bridgehead atoms. The average molecular weight is 430 g/mol. The van der Waals surface area contributed by atoms with E-state index in [1.807, 2.05) is 18.2 Å². The minimum absolute atomic E-state index is 0.00838. The second-order valence-electron chi connectivity index (χ2n) is 7.94. The van der Waals surface area contributed by atoms with Gasteiger partial charge in [0.25, 0.3) is 0 Å². The van der Waals surface area contributed by atoms with Crippen LogP contribution in [0.1, 0.15) is 25.7 Å². The molecule has 1 aromatic heterocycles. The first-order chi connectivity index (χ1) is 14.7. The lowest BCUT2D eigenvalue weighted by Gasteiger charge is -2.22. The van der Waals surface area contributed by atoms with Crippen molar-refractivity contribution < 1.29 is 14.3 Å². The number of anilines is 2. The van der Waals surface area contributed by atoms with Crippen molar-refractivity contribution in [1.29, 1.82) is 0 Å². The number of halogens is 1. The Hall–Kier alpha value is -2.15. The molecular formula is C23H28ClN3O3. The predicted molar refractivity (Wildman–Crippen MR) is 119 cm³/mol. The van der Waals surface area contributed by atoms with Gasteiger partial charge in [-0.15, -0.1) is 0 Å². The summed E-state index contributed by atoms with van der Waals surface area (Å²) in [5.74, 6) is 1.12. The zero-order valence-electron chi connectivity index (χ0n) is 17.0. The number of rotatable bonds is 6. The highest BCUT2D eigenvalue weighted by Gasteiger charge is 2.22. The molecule has 0 radical (unpaired) electrons. The second-order valence-corrected chi connectivity index (χ2v) is 8.35. The van der Waals surface area contributed by atoms with Crippen LogP contribution in [-0.2, 0) is 14.3 Å². The summed E-state index contributed by atoms with van der Waals surface area (Å²) in [6.45, 7) is 3.89. The number of carbonyl (C=O) groups excluding carboxylic acids is 1. The minimum Gasteiger partial charge on any atom is -0.385 e. The smallest absolute Gasteiger partial charge is 0.228 e. The monoisotopic (exact) mass is 429 g/mol. The van der Waals surface area contributed by atoms with E-state index in [-0.39, 0.29) is 11.8 Å². The van der Waals surface area contributed by atoms with Crippen molar-refractivity contribution in [3.05, 3.63) is 41.6 Å². The Bertz CT molecular complexity index is 865. The van der Waals surface area contributed by atoms with Crippen molar-refractivity contribution >= 4 is 29.0 Å². The van der Waals surface area contributed by atoms with Gasteiger partial charge in [-0.2, -0.15) is 0 Å². The molecule has 0 aliphatic carbocycles. The number of hydrogen-bond donors (Lipinski definition) is 2. The number of nitrogens with zero attached hydrogens (tertiary/aromatic N) is 1. The van der Waals surface area contributed by atoms with Crippen LogP contribution in [0.5, 0.6) is 0 Å². The largest absolute Gasteiger partial charge is 0.385 e. The lowest BCUT2D eigenvalue weighted by Crippen LogP contribution is -2.28. The number of amides is 1. The van der Waals surface area contributed by atoms with Crippen molar-refractivity contribution in [1.82, 2.24) is 4.98 Å². The molecule has 0 spiro atoms. The fraction of sp³-hybridized carbons (Fsp3) is 0.478. The van der Waals surface area contributed by atoms with Crippen molar-refractivity contribution in [2.75, 3.05) is 43.6 Å². The van der Waals surface area contributed by atoms with E-state index >= 15 is 0 Å². The number of aromatic nitrogens is 1. The Kier molecular flexibility index (Phi) is 7.20. The Morgan fingerprint density at radius 3 is 2.57 bits per heavy atom. The molecule has 0 saturated carbocycles. The quantitative estimate of drug-likeness (QED) is 0.701. The van der Waals surface area contributed by atoms with Crippen LogP contribution in [0.25, 0.3) is 11.1 Å². The van der Waals surface area contributed by atoms with Crippen LogP contribution in [0, 0.1) is 11.8 Å². The molecule has 0 atom stereocenters. The molecule has 2 N–H and O–H groups in total. The first-order valence-electron chi connectivity index (χ1n) is 10.7. The van der Waals surface area contributed by atoms with E-state index in [4.69, 9.17) is 21.1 Å². The Morgan fingerprint density at radius 2 is 1.80 bits per heavy atom. The zero-order valence-corrected chi connectivity index (χ0v) is 17.8. The molecule has 6 nitrogen and oxygen atoms in total. The SMILES string of the molecule is O=C(Nc1cc(-c2cccc(NCC3CCOCC3)c2)c(Cl)cn1)C1CCOCC1. The molecule has 2 aliphatic rings. The number of pyridine rings is 1. The van der Waals surface area contributed by atoms with E-state index in [2.05, 4.69) is 27.8 Å². The van der Waals surface area contributed by atoms with Gasteiger partial charge in [0.2, 0.25) is 5.91 Å². The molecule has 2 aliphatic heterocycles. The molecular weight excluding hydrogens is 402 g/mol. The van der Waals surface area contributed by atoms with Crippen LogP contribution in [0.4, 0.5) is 11.5 Å². The van der Waals surface area contributed by atoms with Crippen LogP contribution in [0.15, 0.2) is 36.5 Å². The molecule has 7 heteroatoms. The van der Waals surface area contributed by atoms with Crippen molar-refractivity contribution in [2.24, 2.45) is 11.8 Å². The van der Waals surface area contributed by atoms with Crippen LogP contribution < -0.4 is 10.6 Å². The van der Waals surface area contributed by atoms with Gasteiger partial charge in [-0.25, -0.2) is 4.98 Å². The number of ether oxygens (including phenoxy) is 2. The molecule has 2 fully saturated rings. The highest BCUT2D eigenvalue weighted by Crippen LogP contribution is 2.31. The maximum absolute atomic E-state index is 12.5. The Morgan fingerprint density at radius 1 is 1.07 bits per heavy atom. The van der Waals surface area contributed by atoms with Crippen molar-refractivity contribution in [3.63, 3.8) is 0 Å². The summed E-state index contributed by atoms with van der Waals surface area (Å²) in [5, 5.41) is 7.03. The maximum atomic E-state index is 12.5. The van der Waals surface area contributed by atoms with Gasteiger partial charge in [0.05, 0.1) is 5.02 Å². The third-order valence-corrected chi connectivity index (χ3v) is 6.11. The minimum atomic E-state index is -0.0302. The van der Waals surface area contributed by atoms with Crippen LogP contribution in [0.3, 0.4) is 0 Å². The van der Waals surface area contributed by atoms with Gasteiger partial charge in [0.15, 0.2) is 0 Å². The maximum Gasteiger partial charge on any atom is 0.228 e. The Balaban J connectivity index is 1.45. The van der Waals surface area contributed by atoms with E-state index in [0.717, 1.165) is 62.3 Å². The topological polar surface area (TPSA) is 72.5 Å². The highest BCUT2D eigenvalue weighted by atomic mass is 35.5. The van der Waals surface area contributed by atoms with Crippen LogP contribution in [-0.4, -0.2) is 43.9 Å².